The van der Waals surface area contributed by atoms with E-state index in [0.29, 0.717) is 32.1 Å². The first-order chi connectivity index (χ1) is 14.2. The molecule has 1 amide bonds. The van der Waals surface area contributed by atoms with Crippen LogP contribution in [-0.2, 0) is 11.2 Å². The lowest BCUT2D eigenvalue weighted by atomic mass is 9.89. The molecule has 0 spiro atoms. The molecule has 0 saturated heterocycles. The summed E-state index contributed by atoms with van der Waals surface area (Å²) in [5, 5.41) is 31.1. The monoisotopic (exact) mass is 563 g/mol. The highest BCUT2D eigenvalue weighted by molar-refractivity contribution is 9.13. The van der Waals surface area contributed by atoms with Crippen molar-refractivity contribution >= 4 is 49.1 Å². The number of halogens is 2. The van der Waals surface area contributed by atoms with Crippen LogP contribution in [-0.4, -0.2) is 39.5 Å². The summed E-state index contributed by atoms with van der Waals surface area (Å²) in [7, 11) is 0. The Kier molecular flexibility index (Phi) is 10.7. The van der Waals surface area contributed by atoms with Crippen molar-refractivity contribution in [3.63, 3.8) is 0 Å². The molecule has 168 valence electrons. The Morgan fingerprint density at radius 1 is 1.27 bits per heavy atom. The van der Waals surface area contributed by atoms with Gasteiger partial charge in [0.05, 0.1) is 18.3 Å². The van der Waals surface area contributed by atoms with Crippen LogP contribution in [0.2, 0.25) is 0 Å². The van der Waals surface area contributed by atoms with E-state index in [1.165, 1.54) is 9.75 Å². The summed E-state index contributed by atoms with van der Waals surface area (Å²) in [6, 6.07) is 0. The second kappa shape index (κ2) is 12.5. The van der Waals surface area contributed by atoms with E-state index in [2.05, 4.69) is 38.8 Å². The summed E-state index contributed by atoms with van der Waals surface area (Å²) in [5.41, 5.74) is 5.13. The van der Waals surface area contributed by atoms with Gasteiger partial charge in [0, 0.05) is 37.5 Å². The third kappa shape index (κ3) is 7.57. The van der Waals surface area contributed by atoms with Crippen molar-refractivity contribution in [1.82, 2.24) is 0 Å². The van der Waals surface area contributed by atoms with E-state index in [0.717, 1.165) is 21.8 Å². The number of hydrogen-bond donors (Lipinski definition) is 4. The topological polar surface area (TPSA) is 104 Å². The number of aliphatic hydroxyl groups is 3. The number of allylic oxidation sites excluding steroid dienone is 2. The normalized spacial score (nSPS) is 25.5. The summed E-state index contributed by atoms with van der Waals surface area (Å²) in [6.45, 7) is 2.05. The van der Waals surface area contributed by atoms with Gasteiger partial charge in [0.15, 0.2) is 0 Å². The van der Waals surface area contributed by atoms with Gasteiger partial charge in [-0.05, 0) is 76.8 Å². The molecule has 1 aliphatic rings. The predicted molar refractivity (Wildman–Crippen MR) is 128 cm³/mol. The summed E-state index contributed by atoms with van der Waals surface area (Å²) in [4.78, 5) is 13.2. The minimum Gasteiger partial charge on any atom is -0.393 e. The first kappa shape index (κ1) is 25.7. The maximum atomic E-state index is 10.8. The standard InChI is InChI=1S/C22H31Br2NO4S/c1-13-21(23)22(24)19(30-13)11-9-14(26)8-10-16-15(17(27)12-18(16)28)6-4-2-3-5-7-20(25)29/h2,4,8,10,14-18,26-28H,3,5-7,9,11-12H2,1H3,(H2,25,29)/b4-2+,10-8+. The molecule has 1 aromatic heterocycles. The van der Waals surface area contributed by atoms with Gasteiger partial charge in [0.1, 0.15) is 0 Å². The Morgan fingerprint density at radius 2 is 2.00 bits per heavy atom. The summed E-state index contributed by atoms with van der Waals surface area (Å²) < 4.78 is 2.12. The molecule has 5 nitrogen and oxygen atoms in total. The fraction of sp³-hybridized carbons (Fsp3) is 0.591. The SMILES string of the molecule is Cc1sc(CCC(O)/C=C/C2C(O)CC(O)C2C/C=C/CCCC(N)=O)c(Br)c1Br. The van der Waals surface area contributed by atoms with E-state index >= 15 is 0 Å². The molecule has 1 fully saturated rings. The van der Waals surface area contributed by atoms with Crippen molar-refractivity contribution in [2.24, 2.45) is 17.6 Å². The predicted octanol–water partition coefficient (Wildman–Crippen LogP) is 4.39. The molecule has 5 N–H and O–H groups in total. The van der Waals surface area contributed by atoms with Crippen molar-refractivity contribution in [3.8, 4) is 0 Å². The first-order valence-corrected chi connectivity index (χ1v) is 12.7. The van der Waals surface area contributed by atoms with Gasteiger partial charge in [-0.2, -0.15) is 0 Å². The average Bonchev–Trinajstić information content (AvgIpc) is 3.09. The number of amides is 1. The van der Waals surface area contributed by atoms with Crippen LogP contribution in [0.1, 0.15) is 48.3 Å². The van der Waals surface area contributed by atoms with Crippen molar-refractivity contribution in [1.29, 1.82) is 0 Å². The Morgan fingerprint density at radius 3 is 2.63 bits per heavy atom. The van der Waals surface area contributed by atoms with Gasteiger partial charge in [0.25, 0.3) is 0 Å². The molecule has 0 radical (unpaired) electrons. The number of nitrogens with two attached hydrogens (primary N) is 1. The van der Waals surface area contributed by atoms with Gasteiger partial charge in [-0.1, -0.05) is 24.3 Å². The number of aliphatic hydroxyl groups excluding tert-OH is 3. The fourth-order valence-corrected chi connectivity index (χ4v) is 6.27. The molecule has 30 heavy (non-hydrogen) atoms. The molecule has 5 atom stereocenters. The van der Waals surface area contributed by atoms with Crippen LogP contribution in [0.3, 0.4) is 0 Å². The van der Waals surface area contributed by atoms with Crippen LogP contribution >= 0.6 is 43.2 Å². The van der Waals surface area contributed by atoms with Gasteiger partial charge in [0.2, 0.25) is 5.91 Å². The molecule has 1 heterocycles. The number of carbonyl (C=O) groups is 1. The van der Waals surface area contributed by atoms with Crippen LogP contribution in [0.5, 0.6) is 0 Å². The van der Waals surface area contributed by atoms with E-state index < -0.39 is 18.3 Å². The van der Waals surface area contributed by atoms with Crippen LogP contribution in [0.25, 0.3) is 0 Å². The molecule has 0 bridgehead atoms. The molecular weight excluding hydrogens is 534 g/mol. The van der Waals surface area contributed by atoms with Gasteiger partial charge in [-0.15, -0.1) is 11.3 Å². The van der Waals surface area contributed by atoms with Gasteiger partial charge < -0.3 is 21.1 Å². The summed E-state index contributed by atoms with van der Waals surface area (Å²) in [6.07, 6.45) is 10.0. The maximum absolute atomic E-state index is 10.8. The molecule has 8 heteroatoms. The van der Waals surface area contributed by atoms with E-state index in [1.54, 1.807) is 17.4 Å². The number of unbranched alkanes of at least 4 members (excludes halogenated alkanes) is 1. The quantitative estimate of drug-likeness (QED) is 0.236. The molecule has 2 rings (SSSR count). The maximum Gasteiger partial charge on any atom is 0.217 e. The Bertz CT molecular complexity index is 765. The molecule has 1 saturated carbocycles. The van der Waals surface area contributed by atoms with Crippen LogP contribution in [0.15, 0.2) is 33.2 Å². The highest BCUT2D eigenvalue weighted by atomic mass is 79.9. The van der Waals surface area contributed by atoms with Gasteiger partial charge >= 0.3 is 0 Å². The number of hydrogen-bond acceptors (Lipinski definition) is 5. The Hall–Kier alpha value is -0.510. The third-order valence-corrected chi connectivity index (χ3v) is 9.62. The highest BCUT2D eigenvalue weighted by Crippen LogP contribution is 2.38. The number of primary amides is 1. The zero-order valence-corrected chi connectivity index (χ0v) is 21.1. The third-order valence-electron chi connectivity index (χ3n) is 5.53. The lowest BCUT2D eigenvalue weighted by Crippen LogP contribution is -2.20. The lowest BCUT2D eigenvalue weighted by molar-refractivity contribution is -0.118. The minimum absolute atomic E-state index is 0.0825. The molecule has 5 unspecified atom stereocenters. The van der Waals surface area contributed by atoms with Crippen LogP contribution in [0, 0.1) is 18.8 Å². The Labute approximate surface area is 199 Å². The molecule has 0 aromatic carbocycles. The Balaban J connectivity index is 1.86. The second-order valence-corrected chi connectivity index (χ2v) is 10.8. The number of aryl methyl sites for hydroxylation is 2. The van der Waals surface area contributed by atoms with Gasteiger partial charge in [-0.25, -0.2) is 0 Å². The molecule has 0 aliphatic heterocycles. The van der Waals surface area contributed by atoms with E-state index in [9.17, 15) is 20.1 Å². The zero-order chi connectivity index (χ0) is 22.3. The molecular formula is C22H31Br2NO4S. The molecule has 1 aromatic rings. The van der Waals surface area contributed by atoms with Crippen molar-refractivity contribution in [3.05, 3.63) is 43.0 Å². The van der Waals surface area contributed by atoms with Crippen LogP contribution < -0.4 is 5.73 Å². The lowest BCUT2D eigenvalue weighted by Gasteiger charge is -2.19. The van der Waals surface area contributed by atoms with E-state index in [1.807, 2.05) is 18.2 Å². The van der Waals surface area contributed by atoms with Crippen molar-refractivity contribution in [2.45, 2.75) is 70.2 Å². The largest absolute Gasteiger partial charge is 0.393 e. The number of carbonyl (C=O) groups excluding carboxylic acids is 1. The van der Waals surface area contributed by atoms with E-state index in [-0.39, 0.29) is 17.7 Å². The molecule has 1 aliphatic carbocycles. The highest BCUT2D eigenvalue weighted by Gasteiger charge is 2.39. The zero-order valence-electron chi connectivity index (χ0n) is 17.1. The van der Waals surface area contributed by atoms with E-state index in [4.69, 9.17) is 5.73 Å². The minimum atomic E-state index is -0.609. The van der Waals surface area contributed by atoms with Crippen molar-refractivity contribution < 1.29 is 20.1 Å². The summed E-state index contributed by atoms with van der Waals surface area (Å²) in [5.74, 6) is -0.564. The van der Waals surface area contributed by atoms with Crippen LogP contribution in [0.4, 0.5) is 0 Å². The first-order valence-electron chi connectivity index (χ1n) is 10.3. The second-order valence-electron chi connectivity index (χ2n) is 7.88. The smallest absolute Gasteiger partial charge is 0.217 e. The fourth-order valence-electron chi connectivity index (χ4n) is 3.82. The number of rotatable bonds is 11. The summed E-state index contributed by atoms with van der Waals surface area (Å²) >= 11 is 8.85. The number of thiophene rings is 1. The average molecular weight is 565 g/mol. The van der Waals surface area contributed by atoms with Gasteiger partial charge in [-0.3, -0.25) is 4.79 Å². The van der Waals surface area contributed by atoms with Crippen molar-refractivity contribution in [2.75, 3.05) is 0 Å².